The zero-order chi connectivity index (χ0) is 15.8. The summed E-state index contributed by atoms with van der Waals surface area (Å²) in [5.41, 5.74) is 1.40. The number of nitrogens with zero attached hydrogens (tertiary/aromatic N) is 2. The van der Waals surface area contributed by atoms with E-state index in [9.17, 15) is 5.11 Å². The van der Waals surface area contributed by atoms with Crippen LogP contribution < -0.4 is 9.47 Å². The van der Waals surface area contributed by atoms with Gasteiger partial charge in [0.1, 0.15) is 34.8 Å². The van der Waals surface area contributed by atoms with Crippen molar-refractivity contribution in [2.75, 3.05) is 6.61 Å². The van der Waals surface area contributed by atoms with E-state index in [1.54, 1.807) is 18.2 Å². The van der Waals surface area contributed by atoms with Crippen molar-refractivity contribution in [2.24, 2.45) is 0 Å². The Hall–Kier alpha value is -3.26. The van der Waals surface area contributed by atoms with E-state index >= 15 is 0 Å². The second kappa shape index (κ2) is 5.18. The molecule has 0 fully saturated rings. The first-order valence-electron chi connectivity index (χ1n) is 7.20. The molecule has 0 unspecified atom stereocenters. The molecule has 0 spiro atoms. The second-order valence-corrected chi connectivity index (χ2v) is 5.28. The smallest absolute Gasteiger partial charge is 0.148 e. The van der Waals surface area contributed by atoms with E-state index < -0.39 is 0 Å². The Balaban J connectivity index is 1.72. The Morgan fingerprint density at radius 1 is 1.13 bits per heavy atom. The lowest BCUT2D eigenvalue weighted by atomic mass is 10.1. The summed E-state index contributed by atoms with van der Waals surface area (Å²) in [5.74, 6) is 2.22. The summed E-state index contributed by atoms with van der Waals surface area (Å²) in [6, 6.07) is 12.9. The first-order chi connectivity index (χ1) is 11.2. The van der Waals surface area contributed by atoms with E-state index in [0.29, 0.717) is 28.9 Å². The third-order valence-corrected chi connectivity index (χ3v) is 3.84. The molecule has 23 heavy (non-hydrogen) atoms. The lowest BCUT2D eigenvalue weighted by molar-refractivity contribution is 0.356. The van der Waals surface area contributed by atoms with E-state index in [-0.39, 0.29) is 11.4 Å². The molecular formula is C18H12N2O3. The summed E-state index contributed by atoms with van der Waals surface area (Å²) in [6.07, 6.45) is 2.15. The van der Waals surface area contributed by atoms with Crippen LogP contribution in [0.4, 0.5) is 0 Å². The molecule has 1 aliphatic rings. The van der Waals surface area contributed by atoms with E-state index in [1.165, 1.54) is 6.20 Å². The van der Waals surface area contributed by atoms with Crippen molar-refractivity contribution in [3.05, 3.63) is 53.9 Å². The lowest BCUT2D eigenvalue weighted by Gasteiger charge is -2.09. The van der Waals surface area contributed by atoms with Crippen molar-refractivity contribution in [3.63, 3.8) is 0 Å². The van der Waals surface area contributed by atoms with Crippen molar-refractivity contribution >= 4 is 10.8 Å². The summed E-state index contributed by atoms with van der Waals surface area (Å²) in [6.45, 7) is 0.701. The van der Waals surface area contributed by atoms with Gasteiger partial charge in [0.2, 0.25) is 0 Å². The highest BCUT2D eigenvalue weighted by molar-refractivity contribution is 5.92. The van der Waals surface area contributed by atoms with E-state index in [0.717, 1.165) is 17.7 Å². The third-order valence-electron chi connectivity index (χ3n) is 3.84. The molecule has 1 aromatic heterocycles. The van der Waals surface area contributed by atoms with Gasteiger partial charge in [-0.3, -0.25) is 0 Å². The molecule has 5 heteroatoms. The topological polar surface area (TPSA) is 75.4 Å². The van der Waals surface area contributed by atoms with Crippen LogP contribution in [0.3, 0.4) is 0 Å². The minimum absolute atomic E-state index is 0.0202. The highest BCUT2D eigenvalue weighted by Crippen LogP contribution is 2.34. The molecule has 0 amide bonds. The monoisotopic (exact) mass is 304 g/mol. The molecule has 0 aliphatic carbocycles. The Labute approximate surface area is 132 Å². The highest BCUT2D eigenvalue weighted by atomic mass is 16.5. The number of rotatable bonds is 2. The molecule has 0 atom stereocenters. The number of aromatic hydroxyl groups is 1. The van der Waals surface area contributed by atoms with Gasteiger partial charge < -0.3 is 14.6 Å². The maximum absolute atomic E-state index is 9.96. The van der Waals surface area contributed by atoms with Gasteiger partial charge in [-0.1, -0.05) is 0 Å². The van der Waals surface area contributed by atoms with Crippen molar-refractivity contribution in [1.82, 2.24) is 4.98 Å². The SMILES string of the molecule is N#Cc1ncc(O)c2cc(Oc3ccc4c(c3)CCO4)ccc12. The van der Waals surface area contributed by atoms with Gasteiger partial charge in [-0.2, -0.15) is 5.26 Å². The zero-order valence-electron chi connectivity index (χ0n) is 12.1. The van der Waals surface area contributed by atoms with Crippen molar-refractivity contribution in [2.45, 2.75) is 6.42 Å². The normalized spacial score (nSPS) is 12.5. The molecule has 3 aromatic rings. The summed E-state index contributed by atoms with van der Waals surface area (Å²) in [7, 11) is 0. The largest absolute Gasteiger partial charge is 0.506 e. The first kappa shape index (κ1) is 13.4. The summed E-state index contributed by atoms with van der Waals surface area (Å²) < 4.78 is 11.3. The van der Waals surface area contributed by atoms with Crippen LogP contribution in [0, 0.1) is 11.3 Å². The van der Waals surface area contributed by atoms with Crippen LogP contribution >= 0.6 is 0 Å². The Morgan fingerprint density at radius 3 is 2.83 bits per heavy atom. The number of pyridine rings is 1. The molecule has 4 rings (SSSR count). The molecule has 0 radical (unpaired) electrons. The highest BCUT2D eigenvalue weighted by Gasteiger charge is 2.13. The van der Waals surface area contributed by atoms with Gasteiger partial charge in [0, 0.05) is 22.8 Å². The van der Waals surface area contributed by atoms with Crippen LogP contribution in [0.2, 0.25) is 0 Å². The number of fused-ring (bicyclic) bond motifs is 2. The number of benzene rings is 2. The minimum Gasteiger partial charge on any atom is -0.506 e. The van der Waals surface area contributed by atoms with Crippen molar-refractivity contribution in [1.29, 1.82) is 5.26 Å². The number of aromatic nitrogens is 1. The molecule has 5 nitrogen and oxygen atoms in total. The molecule has 112 valence electrons. The molecule has 0 saturated heterocycles. The fraction of sp³-hybridized carbons (Fsp3) is 0.111. The maximum atomic E-state index is 9.96. The second-order valence-electron chi connectivity index (χ2n) is 5.28. The summed E-state index contributed by atoms with van der Waals surface area (Å²) >= 11 is 0. The van der Waals surface area contributed by atoms with Crippen LogP contribution in [0.1, 0.15) is 11.3 Å². The minimum atomic E-state index is 0.0202. The number of nitriles is 1. The predicted octanol–water partition coefficient (Wildman–Crippen LogP) is 3.54. The molecule has 2 aromatic carbocycles. The van der Waals surface area contributed by atoms with Crippen LogP contribution in [0.25, 0.3) is 10.8 Å². The zero-order valence-corrected chi connectivity index (χ0v) is 12.1. The van der Waals surface area contributed by atoms with E-state index in [2.05, 4.69) is 4.98 Å². The van der Waals surface area contributed by atoms with Gasteiger partial charge in [-0.15, -0.1) is 0 Å². The van der Waals surface area contributed by atoms with Gasteiger partial charge in [0.25, 0.3) is 0 Å². The standard InChI is InChI=1S/C18H12N2O3/c19-9-16-14-3-1-13(8-15(14)17(21)10-20-16)23-12-2-4-18-11(7-12)5-6-22-18/h1-4,7-8,10,21H,5-6H2. The number of hydrogen-bond donors (Lipinski definition) is 1. The molecule has 1 aliphatic heterocycles. The lowest BCUT2D eigenvalue weighted by Crippen LogP contribution is -1.89. The van der Waals surface area contributed by atoms with Crippen molar-refractivity contribution in [3.8, 4) is 29.1 Å². The molecule has 2 heterocycles. The van der Waals surface area contributed by atoms with Crippen LogP contribution in [-0.4, -0.2) is 16.7 Å². The van der Waals surface area contributed by atoms with Gasteiger partial charge in [-0.25, -0.2) is 4.98 Å². The Bertz CT molecular complexity index is 960. The van der Waals surface area contributed by atoms with Crippen LogP contribution in [0.15, 0.2) is 42.6 Å². The summed E-state index contributed by atoms with van der Waals surface area (Å²) in [4.78, 5) is 3.91. The molecule has 0 bridgehead atoms. The first-order valence-corrected chi connectivity index (χ1v) is 7.20. The fourth-order valence-corrected chi connectivity index (χ4v) is 2.72. The average Bonchev–Trinajstić information content (AvgIpc) is 3.03. The van der Waals surface area contributed by atoms with Crippen LogP contribution in [-0.2, 0) is 6.42 Å². The van der Waals surface area contributed by atoms with Gasteiger partial charge >= 0.3 is 0 Å². The van der Waals surface area contributed by atoms with E-state index in [1.807, 2.05) is 24.3 Å². The molecular weight excluding hydrogens is 292 g/mol. The van der Waals surface area contributed by atoms with Crippen LogP contribution in [0.5, 0.6) is 23.0 Å². The fourth-order valence-electron chi connectivity index (χ4n) is 2.72. The average molecular weight is 304 g/mol. The molecule has 0 saturated carbocycles. The van der Waals surface area contributed by atoms with E-state index in [4.69, 9.17) is 14.7 Å². The third kappa shape index (κ3) is 2.30. The Morgan fingerprint density at radius 2 is 1.96 bits per heavy atom. The van der Waals surface area contributed by atoms with Gasteiger partial charge in [0.05, 0.1) is 12.8 Å². The number of ether oxygens (including phenoxy) is 2. The van der Waals surface area contributed by atoms with Gasteiger partial charge in [0.15, 0.2) is 0 Å². The van der Waals surface area contributed by atoms with Crippen molar-refractivity contribution < 1.29 is 14.6 Å². The predicted molar refractivity (Wildman–Crippen MR) is 83.8 cm³/mol. The van der Waals surface area contributed by atoms with Gasteiger partial charge in [-0.05, 0) is 36.4 Å². The maximum Gasteiger partial charge on any atom is 0.148 e. The Kier molecular flexibility index (Phi) is 3.02. The molecule has 1 N–H and O–H groups in total. The summed E-state index contributed by atoms with van der Waals surface area (Å²) in [5, 5.41) is 20.2. The number of hydrogen-bond acceptors (Lipinski definition) is 5. The quantitative estimate of drug-likeness (QED) is 0.783.